The number of benzene rings is 2. The molecule has 2 aromatic carbocycles. The van der Waals surface area contributed by atoms with Crippen LogP contribution < -0.4 is 0 Å². The zero-order chi connectivity index (χ0) is 27.2. The topological polar surface area (TPSA) is 70.4 Å². The number of aryl methyl sites for hydroxylation is 2. The van der Waals surface area contributed by atoms with E-state index in [1.165, 1.54) is 16.7 Å². The summed E-state index contributed by atoms with van der Waals surface area (Å²) in [4.78, 5) is 15.4. The van der Waals surface area contributed by atoms with E-state index >= 15 is 0 Å². The molecule has 4 nitrogen and oxygen atoms in total. The summed E-state index contributed by atoms with van der Waals surface area (Å²) in [6.45, 7) is 12.8. The van der Waals surface area contributed by atoms with Crippen LogP contribution in [-0.4, -0.2) is 26.8 Å². The first kappa shape index (κ1) is 28.3. The number of rotatable bonds is 11. The number of aliphatic hydroxyl groups is 1. The zero-order valence-electron chi connectivity index (χ0n) is 23.1. The molecule has 1 heterocycles. The van der Waals surface area contributed by atoms with Gasteiger partial charge in [0.2, 0.25) is 0 Å². The lowest BCUT2D eigenvalue weighted by molar-refractivity contribution is -0.136. The van der Waals surface area contributed by atoms with Crippen molar-refractivity contribution in [2.75, 3.05) is 0 Å². The van der Waals surface area contributed by atoms with Gasteiger partial charge in [0, 0.05) is 23.4 Å². The Morgan fingerprint density at radius 3 is 2.03 bits per heavy atom. The minimum absolute atomic E-state index is 0.0343. The molecule has 2 N–H and O–H groups in total. The molecule has 0 spiro atoms. The first-order chi connectivity index (χ1) is 17.6. The molecule has 0 amide bonds. The summed E-state index contributed by atoms with van der Waals surface area (Å²) in [6.07, 6.45) is 10.7. The molecule has 1 aromatic heterocycles. The maximum Gasteiger partial charge on any atom is 0.307 e. The van der Waals surface area contributed by atoms with Gasteiger partial charge in [0.25, 0.3) is 0 Å². The highest BCUT2D eigenvalue weighted by molar-refractivity contribution is 5.73. The van der Waals surface area contributed by atoms with Gasteiger partial charge < -0.3 is 10.2 Å². The van der Waals surface area contributed by atoms with Crippen molar-refractivity contribution in [1.29, 1.82) is 0 Å². The van der Waals surface area contributed by atoms with Gasteiger partial charge in [-0.05, 0) is 84.5 Å². The molecule has 37 heavy (non-hydrogen) atoms. The second-order valence-electron chi connectivity index (χ2n) is 10.2. The minimum atomic E-state index is -0.857. The van der Waals surface area contributed by atoms with Gasteiger partial charge in [-0.1, -0.05) is 76.2 Å². The molecular formula is C33H41NO3. The van der Waals surface area contributed by atoms with Gasteiger partial charge in [-0.15, -0.1) is 0 Å². The second kappa shape index (κ2) is 11.9. The van der Waals surface area contributed by atoms with Crippen molar-refractivity contribution in [2.24, 2.45) is 0 Å². The molecule has 0 saturated carbocycles. The fraction of sp³-hybridized carbons (Fsp3) is 0.394. The number of carboxylic acid groups (broad SMARTS) is 1. The average molecular weight is 500 g/mol. The van der Waals surface area contributed by atoms with Crippen molar-refractivity contribution in [3.63, 3.8) is 0 Å². The standard InChI is InChI=1S/C33H41NO3/c1-7-32(37,8-2)16-15-26-11-12-28(17-23(26)5)33(9-3,10-4)29-13-14-30(24(6)18-29)27-19-25(20-31(35)36)21-34-22-27/h11-19,21-22,37H,7-10,20H2,1-6H3,(H,35,36)/b16-15+. The number of hydrogen-bond donors (Lipinski definition) is 2. The molecule has 4 heteroatoms. The normalized spacial score (nSPS) is 12.3. The molecule has 0 aliphatic carbocycles. The van der Waals surface area contributed by atoms with Gasteiger partial charge in [0.15, 0.2) is 0 Å². The van der Waals surface area contributed by atoms with Crippen LogP contribution in [0.1, 0.15) is 86.8 Å². The van der Waals surface area contributed by atoms with Crippen LogP contribution in [-0.2, 0) is 16.6 Å². The number of aliphatic carboxylic acids is 1. The average Bonchev–Trinajstić information content (AvgIpc) is 2.89. The van der Waals surface area contributed by atoms with E-state index in [-0.39, 0.29) is 11.8 Å². The predicted octanol–water partition coefficient (Wildman–Crippen LogP) is 7.66. The molecule has 0 bridgehead atoms. The lowest BCUT2D eigenvalue weighted by atomic mass is 9.69. The van der Waals surface area contributed by atoms with Crippen LogP contribution in [0.25, 0.3) is 17.2 Å². The maximum atomic E-state index is 11.1. The third-order valence-corrected chi connectivity index (χ3v) is 8.07. The lowest BCUT2D eigenvalue weighted by Crippen LogP contribution is -2.26. The molecule has 3 rings (SSSR count). The van der Waals surface area contributed by atoms with E-state index in [2.05, 4.69) is 75.2 Å². The van der Waals surface area contributed by atoms with E-state index in [1.54, 1.807) is 12.4 Å². The summed E-state index contributed by atoms with van der Waals surface area (Å²) in [7, 11) is 0. The quantitative estimate of drug-likeness (QED) is 0.284. The molecule has 0 fully saturated rings. The van der Waals surface area contributed by atoms with Gasteiger partial charge >= 0.3 is 5.97 Å². The van der Waals surface area contributed by atoms with E-state index in [0.717, 1.165) is 35.1 Å². The number of hydrogen-bond acceptors (Lipinski definition) is 3. The lowest BCUT2D eigenvalue weighted by Gasteiger charge is -2.34. The summed E-state index contributed by atoms with van der Waals surface area (Å²) in [6, 6.07) is 15.3. The number of nitrogens with zero attached hydrogens (tertiary/aromatic N) is 1. The smallest absolute Gasteiger partial charge is 0.307 e. The number of carboxylic acids is 1. The molecule has 0 saturated heterocycles. The second-order valence-corrected chi connectivity index (χ2v) is 10.2. The molecule has 0 atom stereocenters. The highest BCUT2D eigenvalue weighted by Gasteiger charge is 2.31. The van der Waals surface area contributed by atoms with Crippen LogP contribution in [0, 0.1) is 13.8 Å². The Bertz CT molecular complexity index is 1270. The Labute approximate surface area is 222 Å². The van der Waals surface area contributed by atoms with E-state index in [9.17, 15) is 9.90 Å². The molecule has 0 aliphatic heterocycles. The SMILES string of the molecule is CCC(O)(/C=C/c1ccc(C(CC)(CC)c2ccc(-c3cncc(CC(=O)O)c3)c(C)c2)cc1C)CC. The Hall–Kier alpha value is -3.24. The van der Waals surface area contributed by atoms with Crippen molar-refractivity contribution < 1.29 is 15.0 Å². The fourth-order valence-corrected chi connectivity index (χ4v) is 5.32. The fourth-order valence-electron chi connectivity index (χ4n) is 5.32. The molecule has 0 aliphatic rings. The predicted molar refractivity (Wildman–Crippen MR) is 153 cm³/mol. The summed E-state index contributed by atoms with van der Waals surface area (Å²) >= 11 is 0. The summed E-state index contributed by atoms with van der Waals surface area (Å²) in [5.74, 6) is -0.857. The van der Waals surface area contributed by atoms with Crippen LogP contribution in [0.3, 0.4) is 0 Å². The van der Waals surface area contributed by atoms with Gasteiger partial charge in [0.1, 0.15) is 0 Å². The van der Waals surface area contributed by atoms with Crippen molar-refractivity contribution in [3.8, 4) is 11.1 Å². The van der Waals surface area contributed by atoms with Crippen molar-refractivity contribution >= 4 is 12.0 Å². The van der Waals surface area contributed by atoms with Crippen LogP contribution in [0.2, 0.25) is 0 Å². The summed E-state index contributed by atoms with van der Waals surface area (Å²) in [5, 5.41) is 19.8. The van der Waals surface area contributed by atoms with Crippen LogP contribution in [0.4, 0.5) is 0 Å². The van der Waals surface area contributed by atoms with Crippen molar-refractivity contribution in [1.82, 2.24) is 4.98 Å². The van der Waals surface area contributed by atoms with E-state index in [1.807, 2.05) is 26.0 Å². The largest absolute Gasteiger partial charge is 0.481 e. The molecule has 0 unspecified atom stereocenters. The molecule has 0 radical (unpaired) electrons. The number of pyridine rings is 1. The van der Waals surface area contributed by atoms with E-state index < -0.39 is 11.6 Å². The number of carbonyl (C=O) groups is 1. The maximum absolute atomic E-state index is 11.1. The summed E-state index contributed by atoms with van der Waals surface area (Å²) < 4.78 is 0. The zero-order valence-corrected chi connectivity index (χ0v) is 23.1. The first-order valence-corrected chi connectivity index (χ1v) is 13.4. The van der Waals surface area contributed by atoms with Crippen molar-refractivity contribution in [2.45, 2.75) is 84.7 Å². The van der Waals surface area contributed by atoms with E-state index in [4.69, 9.17) is 5.11 Å². The molecule has 3 aromatic rings. The summed E-state index contributed by atoms with van der Waals surface area (Å²) in [5.41, 5.74) is 7.88. The number of aromatic nitrogens is 1. The minimum Gasteiger partial charge on any atom is -0.481 e. The van der Waals surface area contributed by atoms with Gasteiger partial charge in [-0.2, -0.15) is 0 Å². The monoisotopic (exact) mass is 499 g/mol. The van der Waals surface area contributed by atoms with Crippen LogP contribution in [0.5, 0.6) is 0 Å². The molecular weight excluding hydrogens is 458 g/mol. The van der Waals surface area contributed by atoms with Gasteiger partial charge in [-0.3, -0.25) is 9.78 Å². The van der Waals surface area contributed by atoms with Gasteiger partial charge in [0.05, 0.1) is 12.0 Å². The van der Waals surface area contributed by atoms with Crippen molar-refractivity contribution in [3.05, 3.63) is 94.3 Å². The Balaban J connectivity index is 2.00. The van der Waals surface area contributed by atoms with Crippen LogP contribution >= 0.6 is 0 Å². The van der Waals surface area contributed by atoms with E-state index in [0.29, 0.717) is 18.4 Å². The Kier molecular flexibility index (Phi) is 9.09. The highest BCUT2D eigenvalue weighted by Crippen LogP contribution is 2.41. The first-order valence-electron chi connectivity index (χ1n) is 13.4. The third kappa shape index (κ3) is 6.19. The van der Waals surface area contributed by atoms with Crippen LogP contribution in [0.15, 0.2) is 60.9 Å². The third-order valence-electron chi connectivity index (χ3n) is 8.07. The Morgan fingerprint density at radius 2 is 1.49 bits per heavy atom. The highest BCUT2D eigenvalue weighted by atomic mass is 16.4. The van der Waals surface area contributed by atoms with Gasteiger partial charge in [-0.25, -0.2) is 0 Å². The molecule has 196 valence electrons. The Morgan fingerprint density at radius 1 is 0.865 bits per heavy atom.